The number of aliphatic hydroxyl groups excluding tert-OH is 1. The number of anilines is 1. The molecule has 2 aliphatic rings. The normalized spacial score (nSPS) is 24.3. The summed E-state index contributed by atoms with van der Waals surface area (Å²) in [5.41, 5.74) is 3.53. The first-order valence-corrected chi connectivity index (χ1v) is 7.47. The van der Waals surface area contributed by atoms with Crippen molar-refractivity contribution in [2.75, 3.05) is 31.1 Å². The van der Waals surface area contributed by atoms with Gasteiger partial charge in [-0.3, -0.25) is 4.90 Å². The number of fused-ring (bicyclic) bond motifs is 1. The third-order valence-electron chi connectivity index (χ3n) is 4.58. The minimum atomic E-state index is 0.141. The van der Waals surface area contributed by atoms with Crippen molar-refractivity contribution in [3.63, 3.8) is 0 Å². The summed E-state index contributed by atoms with van der Waals surface area (Å²) in [7, 11) is 0. The molecule has 2 saturated heterocycles. The first kappa shape index (κ1) is 12.9. The summed E-state index contributed by atoms with van der Waals surface area (Å²) in [5.74, 6) is 0. The van der Waals surface area contributed by atoms with Crippen LogP contribution in [0.5, 0.6) is 0 Å². The van der Waals surface area contributed by atoms with Crippen molar-refractivity contribution in [2.24, 2.45) is 0 Å². The number of aliphatic hydroxyl groups is 1. The lowest BCUT2D eigenvalue weighted by molar-refractivity contribution is 0.133. The maximum atomic E-state index is 9.57. The first-order chi connectivity index (χ1) is 9.28. The van der Waals surface area contributed by atoms with Gasteiger partial charge in [0.15, 0.2) is 0 Å². The molecule has 0 bridgehead atoms. The van der Waals surface area contributed by atoms with Crippen LogP contribution in [0.4, 0.5) is 5.69 Å². The van der Waals surface area contributed by atoms with Gasteiger partial charge in [0.1, 0.15) is 0 Å². The van der Waals surface area contributed by atoms with E-state index in [4.69, 9.17) is 0 Å². The molecule has 0 aliphatic carbocycles. The molecule has 2 aliphatic heterocycles. The van der Waals surface area contributed by atoms with E-state index in [9.17, 15) is 5.11 Å². The van der Waals surface area contributed by atoms with Gasteiger partial charge >= 0.3 is 0 Å². The van der Waals surface area contributed by atoms with E-state index in [2.05, 4.69) is 34.9 Å². The van der Waals surface area contributed by atoms with Gasteiger partial charge in [0.25, 0.3) is 0 Å². The lowest BCUT2D eigenvalue weighted by Crippen LogP contribution is -2.55. The molecule has 2 fully saturated rings. The van der Waals surface area contributed by atoms with E-state index < -0.39 is 0 Å². The van der Waals surface area contributed by atoms with Crippen LogP contribution in [0.1, 0.15) is 30.4 Å². The fourth-order valence-corrected chi connectivity index (χ4v) is 3.52. The van der Waals surface area contributed by atoms with Gasteiger partial charge in [-0.15, -0.1) is 0 Å². The predicted octanol–water partition coefficient (Wildman–Crippen LogP) is 2.16. The minimum Gasteiger partial charge on any atom is -0.392 e. The van der Waals surface area contributed by atoms with Crippen LogP contribution >= 0.6 is 0 Å². The standard InChI is InChI=1S/C16H24N2O/c1-13-5-6-16(14(10-13)12-19)18-9-8-17-7-3-2-4-15(17)11-18/h5-6,10,15,19H,2-4,7-9,11-12H2,1H3. The van der Waals surface area contributed by atoms with E-state index in [1.807, 2.05) is 0 Å². The highest BCUT2D eigenvalue weighted by atomic mass is 16.3. The van der Waals surface area contributed by atoms with Crippen LogP contribution in [-0.4, -0.2) is 42.2 Å². The van der Waals surface area contributed by atoms with Gasteiger partial charge in [-0.1, -0.05) is 24.1 Å². The number of nitrogens with zero attached hydrogens (tertiary/aromatic N) is 2. The topological polar surface area (TPSA) is 26.7 Å². The van der Waals surface area contributed by atoms with Gasteiger partial charge in [0, 0.05) is 36.9 Å². The van der Waals surface area contributed by atoms with E-state index in [0.717, 1.165) is 24.7 Å². The molecule has 2 heterocycles. The number of aryl methyl sites for hydroxylation is 1. The molecular formula is C16H24N2O. The summed E-state index contributed by atoms with van der Waals surface area (Å²) in [4.78, 5) is 5.12. The minimum absolute atomic E-state index is 0.141. The second-order valence-corrected chi connectivity index (χ2v) is 5.92. The van der Waals surface area contributed by atoms with E-state index in [1.165, 1.54) is 43.6 Å². The molecule has 1 aromatic rings. The number of piperazine rings is 1. The van der Waals surface area contributed by atoms with E-state index in [-0.39, 0.29) is 6.61 Å². The van der Waals surface area contributed by atoms with Gasteiger partial charge < -0.3 is 10.0 Å². The van der Waals surface area contributed by atoms with Crippen molar-refractivity contribution in [1.82, 2.24) is 4.90 Å². The van der Waals surface area contributed by atoms with Crippen LogP contribution < -0.4 is 4.90 Å². The van der Waals surface area contributed by atoms with Gasteiger partial charge in [0.2, 0.25) is 0 Å². The summed E-state index contributed by atoms with van der Waals surface area (Å²) in [6.07, 6.45) is 4.06. The molecule has 1 aromatic carbocycles. The Morgan fingerprint density at radius 1 is 1.21 bits per heavy atom. The SMILES string of the molecule is Cc1ccc(N2CCN3CCCCC3C2)c(CO)c1. The fourth-order valence-electron chi connectivity index (χ4n) is 3.52. The zero-order chi connectivity index (χ0) is 13.2. The lowest BCUT2D eigenvalue weighted by Gasteiger charge is -2.45. The summed E-state index contributed by atoms with van der Waals surface area (Å²) in [6, 6.07) is 7.17. The van der Waals surface area contributed by atoms with Crippen LogP contribution in [0.15, 0.2) is 18.2 Å². The Bertz CT molecular complexity index is 446. The molecule has 19 heavy (non-hydrogen) atoms. The zero-order valence-corrected chi connectivity index (χ0v) is 11.8. The maximum absolute atomic E-state index is 9.57. The Kier molecular flexibility index (Phi) is 3.76. The largest absolute Gasteiger partial charge is 0.392 e. The Morgan fingerprint density at radius 3 is 2.95 bits per heavy atom. The third kappa shape index (κ3) is 2.63. The second-order valence-electron chi connectivity index (χ2n) is 5.92. The molecule has 0 saturated carbocycles. The van der Waals surface area contributed by atoms with Crippen LogP contribution in [-0.2, 0) is 6.61 Å². The summed E-state index contributed by atoms with van der Waals surface area (Å²) >= 11 is 0. The van der Waals surface area contributed by atoms with Crippen LogP contribution in [0.25, 0.3) is 0 Å². The maximum Gasteiger partial charge on any atom is 0.0702 e. The predicted molar refractivity (Wildman–Crippen MR) is 78.5 cm³/mol. The summed E-state index contributed by atoms with van der Waals surface area (Å²) in [6.45, 7) is 6.88. The summed E-state index contributed by atoms with van der Waals surface area (Å²) in [5, 5.41) is 9.57. The summed E-state index contributed by atoms with van der Waals surface area (Å²) < 4.78 is 0. The van der Waals surface area contributed by atoms with Crippen molar-refractivity contribution in [2.45, 2.75) is 38.8 Å². The Balaban J connectivity index is 1.79. The molecule has 0 radical (unpaired) electrons. The molecule has 3 nitrogen and oxygen atoms in total. The Labute approximate surface area is 115 Å². The quantitative estimate of drug-likeness (QED) is 0.883. The molecule has 0 aromatic heterocycles. The zero-order valence-electron chi connectivity index (χ0n) is 11.8. The van der Waals surface area contributed by atoms with Crippen molar-refractivity contribution in [3.8, 4) is 0 Å². The number of rotatable bonds is 2. The monoisotopic (exact) mass is 260 g/mol. The first-order valence-electron chi connectivity index (χ1n) is 7.47. The second kappa shape index (κ2) is 5.51. The Hall–Kier alpha value is -1.06. The van der Waals surface area contributed by atoms with Crippen LogP contribution in [0.3, 0.4) is 0 Å². The highest BCUT2D eigenvalue weighted by Crippen LogP contribution is 2.28. The average molecular weight is 260 g/mol. The van der Waals surface area contributed by atoms with E-state index in [0.29, 0.717) is 0 Å². The number of hydrogen-bond donors (Lipinski definition) is 1. The molecule has 104 valence electrons. The van der Waals surface area contributed by atoms with E-state index >= 15 is 0 Å². The average Bonchev–Trinajstić information content (AvgIpc) is 2.46. The number of piperidine rings is 1. The van der Waals surface area contributed by atoms with Crippen molar-refractivity contribution >= 4 is 5.69 Å². The molecule has 3 heteroatoms. The van der Waals surface area contributed by atoms with Crippen molar-refractivity contribution in [1.29, 1.82) is 0 Å². The third-order valence-corrected chi connectivity index (χ3v) is 4.58. The number of hydrogen-bond acceptors (Lipinski definition) is 3. The van der Waals surface area contributed by atoms with Gasteiger partial charge in [-0.2, -0.15) is 0 Å². The van der Waals surface area contributed by atoms with Crippen molar-refractivity contribution in [3.05, 3.63) is 29.3 Å². The Morgan fingerprint density at radius 2 is 2.11 bits per heavy atom. The number of benzene rings is 1. The molecule has 0 amide bonds. The molecule has 1 unspecified atom stereocenters. The molecular weight excluding hydrogens is 236 g/mol. The highest BCUT2D eigenvalue weighted by Gasteiger charge is 2.29. The lowest BCUT2D eigenvalue weighted by atomic mass is 9.98. The molecule has 3 rings (SSSR count). The fraction of sp³-hybridized carbons (Fsp3) is 0.625. The smallest absolute Gasteiger partial charge is 0.0702 e. The van der Waals surface area contributed by atoms with Gasteiger partial charge in [0.05, 0.1) is 6.61 Å². The van der Waals surface area contributed by atoms with Gasteiger partial charge in [-0.05, 0) is 32.4 Å². The van der Waals surface area contributed by atoms with Crippen molar-refractivity contribution < 1.29 is 5.11 Å². The molecule has 0 spiro atoms. The van der Waals surface area contributed by atoms with E-state index in [1.54, 1.807) is 0 Å². The highest BCUT2D eigenvalue weighted by molar-refractivity contribution is 5.55. The van der Waals surface area contributed by atoms with Gasteiger partial charge in [-0.25, -0.2) is 0 Å². The molecule has 1 atom stereocenters. The van der Waals surface area contributed by atoms with Crippen LogP contribution in [0.2, 0.25) is 0 Å². The van der Waals surface area contributed by atoms with Crippen LogP contribution in [0, 0.1) is 6.92 Å². The molecule has 1 N–H and O–H groups in total.